The standard InChI is InChI=1S/C15H25N3O/c1-12(11-13-7-3-2-4-8-13)18-15(19)14(17)9-5-6-10-16/h2-4,7-8,12,14H,5-6,9-11,16-17H2,1H3,(H,18,19)/t12?,14-/m1/s1. The molecule has 0 heterocycles. The Morgan fingerprint density at radius 2 is 1.95 bits per heavy atom. The molecule has 0 saturated carbocycles. The van der Waals surface area contributed by atoms with Crippen LogP contribution in [0.5, 0.6) is 0 Å². The number of hydrogen-bond acceptors (Lipinski definition) is 3. The number of rotatable bonds is 8. The van der Waals surface area contributed by atoms with Gasteiger partial charge in [-0.15, -0.1) is 0 Å². The highest BCUT2D eigenvalue weighted by Crippen LogP contribution is 2.04. The maximum absolute atomic E-state index is 11.9. The van der Waals surface area contributed by atoms with E-state index in [-0.39, 0.29) is 11.9 Å². The van der Waals surface area contributed by atoms with Crippen molar-refractivity contribution in [2.45, 2.75) is 44.7 Å². The average molecular weight is 263 g/mol. The lowest BCUT2D eigenvalue weighted by molar-refractivity contribution is -0.123. The van der Waals surface area contributed by atoms with E-state index >= 15 is 0 Å². The van der Waals surface area contributed by atoms with Crippen LogP contribution in [0.25, 0.3) is 0 Å². The molecule has 0 spiro atoms. The highest BCUT2D eigenvalue weighted by molar-refractivity contribution is 5.81. The molecular formula is C15H25N3O. The summed E-state index contributed by atoms with van der Waals surface area (Å²) in [5.74, 6) is -0.0690. The largest absolute Gasteiger partial charge is 0.352 e. The minimum atomic E-state index is -0.426. The molecule has 0 aromatic heterocycles. The van der Waals surface area contributed by atoms with Gasteiger partial charge in [-0.2, -0.15) is 0 Å². The molecule has 19 heavy (non-hydrogen) atoms. The van der Waals surface area contributed by atoms with Crippen LogP contribution < -0.4 is 16.8 Å². The first-order chi connectivity index (χ1) is 9.13. The van der Waals surface area contributed by atoms with E-state index in [0.717, 1.165) is 19.3 Å². The van der Waals surface area contributed by atoms with E-state index in [2.05, 4.69) is 17.4 Å². The Labute approximate surface area is 115 Å². The maximum Gasteiger partial charge on any atom is 0.237 e. The molecule has 0 saturated heterocycles. The Balaban J connectivity index is 2.31. The van der Waals surface area contributed by atoms with E-state index in [1.807, 2.05) is 25.1 Å². The van der Waals surface area contributed by atoms with Gasteiger partial charge in [0.05, 0.1) is 6.04 Å². The van der Waals surface area contributed by atoms with Gasteiger partial charge < -0.3 is 16.8 Å². The Morgan fingerprint density at radius 1 is 1.26 bits per heavy atom. The summed E-state index contributed by atoms with van der Waals surface area (Å²) in [6.07, 6.45) is 3.34. The van der Waals surface area contributed by atoms with Gasteiger partial charge in [0.25, 0.3) is 0 Å². The molecule has 1 aromatic rings. The van der Waals surface area contributed by atoms with E-state index in [1.54, 1.807) is 0 Å². The van der Waals surface area contributed by atoms with Crippen molar-refractivity contribution in [2.24, 2.45) is 11.5 Å². The predicted molar refractivity (Wildman–Crippen MR) is 78.6 cm³/mol. The third kappa shape index (κ3) is 6.36. The summed E-state index contributed by atoms with van der Waals surface area (Å²) in [6.45, 7) is 2.65. The maximum atomic E-state index is 11.9. The third-order valence-corrected chi connectivity index (χ3v) is 3.08. The molecule has 0 bridgehead atoms. The highest BCUT2D eigenvalue weighted by atomic mass is 16.2. The van der Waals surface area contributed by atoms with Gasteiger partial charge in [0.2, 0.25) is 5.91 Å². The van der Waals surface area contributed by atoms with E-state index in [4.69, 9.17) is 11.5 Å². The van der Waals surface area contributed by atoms with E-state index < -0.39 is 6.04 Å². The fraction of sp³-hybridized carbons (Fsp3) is 0.533. The summed E-state index contributed by atoms with van der Waals surface area (Å²) in [4.78, 5) is 11.9. The number of hydrogen-bond donors (Lipinski definition) is 3. The van der Waals surface area contributed by atoms with Crippen molar-refractivity contribution in [3.63, 3.8) is 0 Å². The van der Waals surface area contributed by atoms with Crippen LogP contribution in [0.2, 0.25) is 0 Å². The zero-order chi connectivity index (χ0) is 14.1. The summed E-state index contributed by atoms with van der Waals surface area (Å²) in [5.41, 5.74) is 12.5. The first kappa shape index (κ1) is 15.7. The molecule has 1 unspecified atom stereocenters. The van der Waals surface area contributed by atoms with Crippen molar-refractivity contribution in [3.8, 4) is 0 Å². The molecule has 4 heteroatoms. The summed E-state index contributed by atoms with van der Waals surface area (Å²) < 4.78 is 0. The lowest BCUT2D eigenvalue weighted by Crippen LogP contribution is -2.45. The molecule has 0 aliphatic rings. The number of nitrogens with two attached hydrogens (primary N) is 2. The average Bonchev–Trinajstić information content (AvgIpc) is 2.39. The molecule has 2 atom stereocenters. The van der Waals surface area contributed by atoms with Crippen LogP contribution in [0.1, 0.15) is 31.7 Å². The summed E-state index contributed by atoms with van der Waals surface area (Å²) in [7, 11) is 0. The van der Waals surface area contributed by atoms with Crippen LogP contribution in [0.3, 0.4) is 0 Å². The molecule has 1 aromatic carbocycles. The summed E-state index contributed by atoms with van der Waals surface area (Å²) in [6, 6.07) is 9.78. The number of carbonyl (C=O) groups is 1. The Hall–Kier alpha value is -1.39. The second kappa shape index (κ2) is 8.67. The SMILES string of the molecule is CC(Cc1ccccc1)NC(=O)[C@H](N)CCCCN. The van der Waals surface area contributed by atoms with Gasteiger partial charge in [0, 0.05) is 6.04 Å². The molecular weight excluding hydrogens is 238 g/mol. The predicted octanol–water partition coefficient (Wildman–Crippen LogP) is 1.19. The highest BCUT2D eigenvalue weighted by Gasteiger charge is 2.15. The van der Waals surface area contributed by atoms with Gasteiger partial charge in [-0.05, 0) is 38.3 Å². The van der Waals surface area contributed by atoms with Crippen LogP contribution in [0.4, 0.5) is 0 Å². The van der Waals surface area contributed by atoms with Gasteiger partial charge in [-0.25, -0.2) is 0 Å². The van der Waals surface area contributed by atoms with Crippen LogP contribution in [0, 0.1) is 0 Å². The van der Waals surface area contributed by atoms with Crippen molar-refractivity contribution < 1.29 is 4.79 Å². The Morgan fingerprint density at radius 3 is 2.58 bits per heavy atom. The number of benzene rings is 1. The molecule has 5 N–H and O–H groups in total. The first-order valence-corrected chi connectivity index (χ1v) is 6.93. The van der Waals surface area contributed by atoms with Gasteiger partial charge in [-0.1, -0.05) is 36.8 Å². The second-order valence-corrected chi connectivity index (χ2v) is 4.99. The van der Waals surface area contributed by atoms with Crippen LogP contribution in [0.15, 0.2) is 30.3 Å². The monoisotopic (exact) mass is 263 g/mol. The lowest BCUT2D eigenvalue weighted by atomic mass is 10.1. The third-order valence-electron chi connectivity index (χ3n) is 3.08. The van der Waals surface area contributed by atoms with Gasteiger partial charge in [0.15, 0.2) is 0 Å². The molecule has 0 aliphatic heterocycles. The van der Waals surface area contributed by atoms with Crippen molar-refractivity contribution >= 4 is 5.91 Å². The Kier molecular flexibility index (Phi) is 7.15. The molecule has 4 nitrogen and oxygen atoms in total. The van der Waals surface area contributed by atoms with Crippen molar-refractivity contribution in [1.29, 1.82) is 0 Å². The molecule has 0 aliphatic carbocycles. The summed E-state index contributed by atoms with van der Waals surface area (Å²) in [5, 5.41) is 2.96. The Bertz CT molecular complexity index is 367. The first-order valence-electron chi connectivity index (χ1n) is 6.93. The van der Waals surface area contributed by atoms with Crippen LogP contribution in [-0.2, 0) is 11.2 Å². The molecule has 0 fully saturated rings. The zero-order valence-electron chi connectivity index (χ0n) is 11.6. The number of unbranched alkanes of at least 4 members (excludes halogenated alkanes) is 1. The van der Waals surface area contributed by atoms with Gasteiger partial charge in [0.1, 0.15) is 0 Å². The zero-order valence-corrected chi connectivity index (χ0v) is 11.6. The minimum Gasteiger partial charge on any atom is -0.352 e. The van der Waals surface area contributed by atoms with Crippen LogP contribution >= 0.6 is 0 Å². The number of amides is 1. The molecule has 0 radical (unpaired) electrons. The fourth-order valence-electron chi connectivity index (χ4n) is 2.01. The van der Waals surface area contributed by atoms with Crippen molar-refractivity contribution in [2.75, 3.05) is 6.54 Å². The van der Waals surface area contributed by atoms with E-state index in [1.165, 1.54) is 5.56 Å². The topological polar surface area (TPSA) is 81.1 Å². The van der Waals surface area contributed by atoms with Crippen molar-refractivity contribution in [3.05, 3.63) is 35.9 Å². The van der Waals surface area contributed by atoms with Gasteiger partial charge in [-0.3, -0.25) is 4.79 Å². The second-order valence-electron chi connectivity index (χ2n) is 4.99. The van der Waals surface area contributed by atoms with Gasteiger partial charge >= 0.3 is 0 Å². The van der Waals surface area contributed by atoms with E-state index in [9.17, 15) is 4.79 Å². The molecule has 1 rings (SSSR count). The lowest BCUT2D eigenvalue weighted by Gasteiger charge is -2.17. The number of nitrogens with one attached hydrogen (secondary N) is 1. The fourth-order valence-corrected chi connectivity index (χ4v) is 2.01. The number of carbonyl (C=O) groups excluding carboxylic acids is 1. The minimum absolute atomic E-state index is 0.0690. The normalized spacial score (nSPS) is 13.8. The molecule has 106 valence electrons. The van der Waals surface area contributed by atoms with E-state index in [0.29, 0.717) is 13.0 Å². The quantitative estimate of drug-likeness (QED) is 0.616. The molecule has 1 amide bonds. The smallest absolute Gasteiger partial charge is 0.237 e. The summed E-state index contributed by atoms with van der Waals surface area (Å²) >= 11 is 0. The van der Waals surface area contributed by atoms with Crippen molar-refractivity contribution in [1.82, 2.24) is 5.32 Å². The van der Waals surface area contributed by atoms with Crippen LogP contribution in [-0.4, -0.2) is 24.5 Å².